The second kappa shape index (κ2) is 4.72. The molecule has 0 saturated carbocycles. The Morgan fingerprint density at radius 2 is 2.33 bits per heavy atom. The van der Waals surface area contributed by atoms with Crippen LogP contribution in [0, 0.1) is 0 Å². The highest BCUT2D eigenvalue weighted by Gasteiger charge is 2.47. The molecular weight excluding hydrogens is 196 g/mol. The van der Waals surface area contributed by atoms with Gasteiger partial charge in [-0.15, -0.1) is 0 Å². The van der Waals surface area contributed by atoms with Crippen molar-refractivity contribution in [3.63, 3.8) is 0 Å². The summed E-state index contributed by atoms with van der Waals surface area (Å²) in [6.07, 6.45) is 0. The minimum absolute atomic E-state index is 0.00993. The van der Waals surface area contributed by atoms with Crippen molar-refractivity contribution in [1.29, 1.82) is 0 Å². The molecule has 2 atom stereocenters. The lowest BCUT2D eigenvalue weighted by atomic mass is 10.0. The van der Waals surface area contributed by atoms with Crippen LogP contribution in [0.3, 0.4) is 0 Å². The van der Waals surface area contributed by atoms with Crippen LogP contribution in [0.25, 0.3) is 0 Å². The van der Waals surface area contributed by atoms with Gasteiger partial charge < -0.3 is 14.9 Å². The molecule has 0 aromatic rings. The third-order valence-corrected chi connectivity index (χ3v) is 2.39. The Bertz CT molecular complexity index is 272. The number of carbonyl (C=O) groups is 1. The molecule has 5 nitrogen and oxygen atoms in total. The van der Waals surface area contributed by atoms with E-state index in [4.69, 9.17) is 9.57 Å². The van der Waals surface area contributed by atoms with Crippen molar-refractivity contribution in [3.05, 3.63) is 0 Å². The average molecular weight is 214 g/mol. The summed E-state index contributed by atoms with van der Waals surface area (Å²) in [6, 6.07) is 0.0736. The Hall–Kier alpha value is -0.940. The van der Waals surface area contributed by atoms with Gasteiger partial charge in [-0.3, -0.25) is 4.79 Å². The Morgan fingerprint density at radius 3 is 2.73 bits per heavy atom. The topological polar surface area (TPSA) is 63.2 Å². The summed E-state index contributed by atoms with van der Waals surface area (Å²) in [6.45, 7) is 6.06. The van der Waals surface area contributed by atoms with Crippen LogP contribution < -0.4 is 5.32 Å². The largest absolute Gasteiger partial charge is 0.388 e. The average Bonchev–Trinajstić information content (AvgIpc) is 2.90. The van der Waals surface area contributed by atoms with Crippen LogP contribution in [0.2, 0.25) is 0 Å². The Labute approximate surface area is 89.8 Å². The van der Waals surface area contributed by atoms with E-state index in [9.17, 15) is 4.79 Å². The first-order valence-electron chi connectivity index (χ1n) is 5.00. The molecule has 1 heterocycles. The van der Waals surface area contributed by atoms with Crippen LogP contribution in [-0.2, 0) is 14.4 Å². The molecule has 1 fully saturated rings. The molecule has 15 heavy (non-hydrogen) atoms. The van der Waals surface area contributed by atoms with Crippen molar-refractivity contribution in [2.45, 2.75) is 32.4 Å². The molecule has 0 aromatic carbocycles. The van der Waals surface area contributed by atoms with Gasteiger partial charge in [0.05, 0.1) is 6.61 Å². The standard InChI is InChI=1S/C10H18N2O3/c1-7(13)5-15-12-9(8(2)11-4)10(3)6-14-10/h8,11H,5-6H2,1-4H3/b12-9-/t8-,10+/m0/s1. The zero-order valence-electron chi connectivity index (χ0n) is 9.66. The van der Waals surface area contributed by atoms with Crippen molar-refractivity contribution >= 4 is 11.5 Å². The highest BCUT2D eigenvalue weighted by Crippen LogP contribution is 2.29. The molecule has 1 rings (SSSR count). The molecule has 0 aromatic heterocycles. The molecule has 0 bridgehead atoms. The van der Waals surface area contributed by atoms with Crippen LogP contribution >= 0.6 is 0 Å². The number of hydrogen-bond donors (Lipinski definition) is 1. The molecule has 86 valence electrons. The van der Waals surface area contributed by atoms with Crippen molar-refractivity contribution in [3.8, 4) is 0 Å². The van der Waals surface area contributed by atoms with E-state index in [0.717, 1.165) is 5.71 Å². The van der Waals surface area contributed by atoms with Crippen LogP contribution in [0.4, 0.5) is 0 Å². The summed E-state index contributed by atoms with van der Waals surface area (Å²) in [5.74, 6) is -0.0444. The van der Waals surface area contributed by atoms with Gasteiger partial charge in [-0.1, -0.05) is 5.16 Å². The maximum absolute atomic E-state index is 10.7. The molecule has 5 heteroatoms. The summed E-state index contributed by atoms with van der Waals surface area (Å²) >= 11 is 0. The summed E-state index contributed by atoms with van der Waals surface area (Å²) in [4.78, 5) is 15.7. The van der Waals surface area contributed by atoms with Crippen LogP contribution in [-0.4, -0.2) is 43.4 Å². The van der Waals surface area contributed by atoms with Gasteiger partial charge >= 0.3 is 0 Å². The molecule has 0 spiro atoms. The lowest BCUT2D eigenvalue weighted by Crippen LogP contribution is -2.39. The number of nitrogens with zero attached hydrogens (tertiary/aromatic N) is 1. The van der Waals surface area contributed by atoms with Gasteiger partial charge in [0, 0.05) is 6.04 Å². The van der Waals surface area contributed by atoms with E-state index in [1.165, 1.54) is 6.92 Å². The lowest BCUT2D eigenvalue weighted by molar-refractivity contribution is -0.121. The van der Waals surface area contributed by atoms with Crippen LogP contribution in [0.5, 0.6) is 0 Å². The number of oxime groups is 1. The molecule has 0 aliphatic carbocycles. The van der Waals surface area contributed by atoms with Gasteiger partial charge in [-0.2, -0.15) is 0 Å². The highest BCUT2D eigenvalue weighted by atomic mass is 16.6. The predicted molar refractivity (Wildman–Crippen MR) is 56.9 cm³/mol. The normalized spacial score (nSPS) is 27.3. The number of Topliss-reactive ketones (excluding diaryl/α,β-unsaturated/α-hetero) is 1. The van der Waals surface area contributed by atoms with E-state index in [2.05, 4.69) is 10.5 Å². The van der Waals surface area contributed by atoms with E-state index in [1.807, 2.05) is 20.9 Å². The monoisotopic (exact) mass is 214 g/mol. The van der Waals surface area contributed by atoms with Crippen molar-refractivity contribution in [1.82, 2.24) is 5.32 Å². The van der Waals surface area contributed by atoms with Gasteiger partial charge in [0.25, 0.3) is 0 Å². The van der Waals surface area contributed by atoms with Gasteiger partial charge in [0.2, 0.25) is 0 Å². The number of hydrogen-bond acceptors (Lipinski definition) is 5. The SMILES string of the molecule is CN[C@@H](C)/C(=N/OCC(C)=O)[C@@]1(C)CO1. The first-order valence-corrected chi connectivity index (χ1v) is 5.00. The number of nitrogens with one attached hydrogen (secondary N) is 1. The molecule has 0 radical (unpaired) electrons. The lowest BCUT2D eigenvalue weighted by Gasteiger charge is -2.16. The predicted octanol–water partition coefficient (Wildman–Crippen LogP) is 0.345. The van der Waals surface area contributed by atoms with E-state index in [1.54, 1.807) is 0 Å². The third-order valence-electron chi connectivity index (χ3n) is 2.39. The zero-order chi connectivity index (χ0) is 11.5. The second-order valence-electron chi connectivity index (χ2n) is 3.98. The quantitative estimate of drug-likeness (QED) is 0.393. The maximum Gasteiger partial charge on any atom is 0.174 e. The minimum atomic E-state index is -0.320. The van der Waals surface area contributed by atoms with E-state index < -0.39 is 0 Å². The van der Waals surface area contributed by atoms with Crippen molar-refractivity contribution in [2.75, 3.05) is 20.3 Å². The molecule has 1 aliphatic heterocycles. The van der Waals surface area contributed by atoms with Crippen LogP contribution in [0.1, 0.15) is 20.8 Å². The minimum Gasteiger partial charge on any atom is -0.388 e. The van der Waals surface area contributed by atoms with Crippen molar-refractivity contribution < 1.29 is 14.4 Å². The first kappa shape index (κ1) is 12.1. The number of epoxide rings is 1. The zero-order valence-corrected chi connectivity index (χ0v) is 9.66. The molecule has 0 amide bonds. The number of ether oxygens (including phenoxy) is 1. The summed E-state index contributed by atoms with van der Waals surface area (Å²) in [5.41, 5.74) is 0.477. The van der Waals surface area contributed by atoms with E-state index in [-0.39, 0.29) is 24.0 Å². The third kappa shape index (κ3) is 3.28. The van der Waals surface area contributed by atoms with Gasteiger partial charge in [-0.25, -0.2) is 0 Å². The van der Waals surface area contributed by atoms with Crippen LogP contribution in [0.15, 0.2) is 5.16 Å². The summed E-state index contributed by atoms with van der Waals surface area (Å²) in [5, 5.41) is 7.05. The summed E-state index contributed by atoms with van der Waals surface area (Å²) in [7, 11) is 1.84. The van der Waals surface area contributed by atoms with Gasteiger partial charge in [0.1, 0.15) is 11.3 Å². The second-order valence-corrected chi connectivity index (χ2v) is 3.98. The van der Waals surface area contributed by atoms with E-state index >= 15 is 0 Å². The fraction of sp³-hybridized carbons (Fsp3) is 0.800. The molecule has 1 saturated heterocycles. The Balaban J connectivity index is 2.60. The fourth-order valence-corrected chi connectivity index (χ4v) is 1.22. The smallest absolute Gasteiger partial charge is 0.174 e. The first-order chi connectivity index (χ1) is 6.99. The molecular formula is C10H18N2O3. The number of carbonyl (C=O) groups excluding carboxylic acids is 1. The fourth-order valence-electron chi connectivity index (χ4n) is 1.22. The van der Waals surface area contributed by atoms with Crippen molar-refractivity contribution in [2.24, 2.45) is 5.16 Å². The Kier molecular flexibility index (Phi) is 3.82. The Morgan fingerprint density at radius 1 is 1.73 bits per heavy atom. The van der Waals surface area contributed by atoms with Gasteiger partial charge in [-0.05, 0) is 27.8 Å². The maximum atomic E-state index is 10.7. The number of ketones is 1. The molecule has 1 aliphatic rings. The molecule has 1 N–H and O–H groups in total. The summed E-state index contributed by atoms with van der Waals surface area (Å²) < 4.78 is 5.30. The highest BCUT2D eigenvalue weighted by molar-refractivity contribution is 5.98. The molecule has 0 unspecified atom stereocenters. The van der Waals surface area contributed by atoms with Gasteiger partial charge in [0.15, 0.2) is 12.4 Å². The van der Waals surface area contributed by atoms with E-state index in [0.29, 0.717) is 6.61 Å². The number of rotatable bonds is 6.